The fourth-order valence-corrected chi connectivity index (χ4v) is 4.45. The topological polar surface area (TPSA) is 69.6 Å². The van der Waals surface area contributed by atoms with Crippen LogP contribution in [0, 0.1) is 0 Å². The number of hydrogen-bond acceptors (Lipinski definition) is 4. The molecule has 0 spiro atoms. The molecule has 0 atom stereocenters. The van der Waals surface area contributed by atoms with Gasteiger partial charge in [-0.15, -0.1) is 0 Å². The number of aromatic nitrogens is 4. The molecule has 1 fully saturated rings. The predicted molar refractivity (Wildman–Crippen MR) is 134 cm³/mol. The van der Waals surface area contributed by atoms with Gasteiger partial charge in [0.25, 0.3) is 0 Å². The van der Waals surface area contributed by atoms with E-state index in [2.05, 4.69) is 45.9 Å². The van der Waals surface area contributed by atoms with E-state index in [1.54, 1.807) is 6.20 Å². The lowest BCUT2D eigenvalue weighted by molar-refractivity contribution is 0.253. The van der Waals surface area contributed by atoms with Crippen molar-refractivity contribution in [3.05, 3.63) is 96.8 Å². The number of fused-ring (bicyclic) bond motifs is 1. The van der Waals surface area contributed by atoms with Gasteiger partial charge in [-0.25, -0.2) is 9.97 Å². The van der Waals surface area contributed by atoms with Gasteiger partial charge in [0, 0.05) is 34.7 Å². The number of nitrogens with two attached hydrogens (primary N) is 1. The van der Waals surface area contributed by atoms with Gasteiger partial charge in [-0.2, -0.15) is 0 Å². The summed E-state index contributed by atoms with van der Waals surface area (Å²) < 4.78 is 2.12. The zero-order valence-corrected chi connectivity index (χ0v) is 17.6. The molecule has 33 heavy (non-hydrogen) atoms. The van der Waals surface area contributed by atoms with Gasteiger partial charge in [0.15, 0.2) is 5.65 Å². The summed E-state index contributed by atoms with van der Waals surface area (Å²) in [5.41, 5.74) is 13.2. The first kappa shape index (κ1) is 21.0. The van der Waals surface area contributed by atoms with Gasteiger partial charge in [-0.3, -0.25) is 9.55 Å². The Morgan fingerprint density at radius 2 is 1.55 bits per heavy atom. The SMILES string of the molecule is C.NC1(c2ccc(-n3c(-c4cccnc4)nc4ccc(-c5ccccc5)nc43)cc2)CCC1. The average Bonchev–Trinajstić information content (AvgIpc) is 3.22. The number of nitrogens with zero attached hydrogens (tertiary/aromatic N) is 4. The summed E-state index contributed by atoms with van der Waals surface area (Å²) >= 11 is 0. The quantitative estimate of drug-likeness (QED) is 0.370. The van der Waals surface area contributed by atoms with E-state index in [1.807, 2.05) is 48.7 Å². The summed E-state index contributed by atoms with van der Waals surface area (Å²) in [7, 11) is 0. The Kier molecular flexibility index (Phi) is 5.27. The van der Waals surface area contributed by atoms with Crippen molar-refractivity contribution in [3.8, 4) is 28.3 Å². The Hall–Kier alpha value is -3.83. The van der Waals surface area contributed by atoms with E-state index < -0.39 is 0 Å². The highest BCUT2D eigenvalue weighted by Crippen LogP contribution is 2.39. The molecule has 5 heteroatoms. The molecule has 1 aliphatic rings. The normalized spacial score (nSPS) is 14.5. The Labute approximate surface area is 194 Å². The first-order valence-corrected chi connectivity index (χ1v) is 11.0. The summed E-state index contributed by atoms with van der Waals surface area (Å²) in [5.74, 6) is 0.824. The standard InChI is InChI=1S/C27H23N5.CH4/c28-27(15-5-16-27)21-9-11-22(12-10-21)32-25(20-8-4-17-29-18-20)31-24-14-13-23(30-26(24)32)19-6-2-1-3-7-19;/h1-4,6-14,17-18H,5,15-16,28H2;1H4. The molecule has 0 amide bonds. The van der Waals surface area contributed by atoms with Crippen LogP contribution in [-0.2, 0) is 5.54 Å². The van der Waals surface area contributed by atoms with Gasteiger partial charge in [0.1, 0.15) is 11.3 Å². The highest BCUT2D eigenvalue weighted by molar-refractivity contribution is 5.82. The molecule has 2 aromatic carbocycles. The van der Waals surface area contributed by atoms with Crippen molar-refractivity contribution in [2.24, 2.45) is 5.73 Å². The molecule has 2 N–H and O–H groups in total. The maximum absolute atomic E-state index is 6.55. The van der Waals surface area contributed by atoms with Gasteiger partial charge in [-0.1, -0.05) is 49.9 Å². The van der Waals surface area contributed by atoms with Gasteiger partial charge in [0.2, 0.25) is 0 Å². The van der Waals surface area contributed by atoms with Gasteiger partial charge >= 0.3 is 0 Å². The van der Waals surface area contributed by atoms with E-state index in [4.69, 9.17) is 15.7 Å². The van der Waals surface area contributed by atoms with Crippen LogP contribution in [0.1, 0.15) is 32.3 Å². The second kappa shape index (κ2) is 8.26. The molecule has 5 aromatic rings. The van der Waals surface area contributed by atoms with E-state index in [0.717, 1.165) is 52.3 Å². The number of rotatable bonds is 4. The summed E-state index contributed by atoms with van der Waals surface area (Å²) in [6, 6.07) is 26.8. The van der Waals surface area contributed by atoms with Crippen molar-refractivity contribution < 1.29 is 0 Å². The Morgan fingerprint density at radius 1 is 0.788 bits per heavy atom. The second-order valence-electron chi connectivity index (χ2n) is 8.47. The molecule has 0 radical (unpaired) electrons. The summed E-state index contributed by atoms with van der Waals surface area (Å²) in [6.45, 7) is 0. The lowest BCUT2D eigenvalue weighted by Gasteiger charge is -2.38. The van der Waals surface area contributed by atoms with Crippen LogP contribution >= 0.6 is 0 Å². The minimum atomic E-state index is -0.180. The maximum atomic E-state index is 6.55. The first-order chi connectivity index (χ1) is 15.7. The minimum absolute atomic E-state index is 0. The number of imidazole rings is 1. The Morgan fingerprint density at radius 3 is 2.21 bits per heavy atom. The largest absolute Gasteiger partial charge is 0.321 e. The Balaban J connectivity index is 0.00000228. The van der Waals surface area contributed by atoms with E-state index in [0.29, 0.717) is 0 Å². The summed E-state index contributed by atoms with van der Waals surface area (Å²) in [6.07, 6.45) is 6.90. The molecule has 3 heterocycles. The number of benzene rings is 2. The van der Waals surface area contributed by atoms with E-state index in [9.17, 15) is 0 Å². The van der Waals surface area contributed by atoms with Gasteiger partial charge in [0.05, 0.1) is 5.69 Å². The molecule has 3 aromatic heterocycles. The van der Waals surface area contributed by atoms with Crippen molar-refractivity contribution in [1.29, 1.82) is 0 Å². The summed E-state index contributed by atoms with van der Waals surface area (Å²) in [5, 5.41) is 0. The van der Waals surface area contributed by atoms with E-state index in [1.165, 1.54) is 12.0 Å². The highest BCUT2D eigenvalue weighted by atomic mass is 15.1. The van der Waals surface area contributed by atoms with Crippen LogP contribution in [-0.4, -0.2) is 19.5 Å². The average molecular weight is 434 g/mol. The zero-order valence-electron chi connectivity index (χ0n) is 17.6. The van der Waals surface area contributed by atoms with Crippen LogP contribution in [0.25, 0.3) is 39.5 Å². The van der Waals surface area contributed by atoms with Crippen LogP contribution < -0.4 is 5.73 Å². The third kappa shape index (κ3) is 3.60. The highest BCUT2D eigenvalue weighted by Gasteiger charge is 2.34. The fourth-order valence-electron chi connectivity index (χ4n) is 4.45. The van der Waals surface area contributed by atoms with Crippen molar-refractivity contribution in [2.45, 2.75) is 32.2 Å². The molecule has 6 rings (SSSR count). The summed E-state index contributed by atoms with van der Waals surface area (Å²) in [4.78, 5) is 14.3. The maximum Gasteiger partial charge on any atom is 0.165 e. The molecule has 1 aliphatic carbocycles. The monoisotopic (exact) mass is 433 g/mol. The lowest BCUT2D eigenvalue weighted by Crippen LogP contribution is -2.43. The fraction of sp³-hybridized carbons (Fsp3) is 0.179. The Bertz CT molecular complexity index is 1390. The predicted octanol–water partition coefficient (Wildman–Crippen LogP) is 6.12. The number of pyridine rings is 2. The minimum Gasteiger partial charge on any atom is -0.321 e. The molecule has 0 unspecified atom stereocenters. The molecule has 1 saturated carbocycles. The van der Waals surface area contributed by atoms with E-state index >= 15 is 0 Å². The molecule has 0 saturated heterocycles. The molecule has 5 nitrogen and oxygen atoms in total. The molecular formula is C28H27N5. The van der Waals surface area contributed by atoms with Crippen molar-refractivity contribution in [2.75, 3.05) is 0 Å². The second-order valence-corrected chi connectivity index (χ2v) is 8.47. The van der Waals surface area contributed by atoms with Crippen LogP contribution in [0.15, 0.2) is 91.3 Å². The van der Waals surface area contributed by atoms with Crippen molar-refractivity contribution in [1.82, 2.24) is 19.5 Å². The molecule has 0 bridgehead atoms. The van der Waals surface area contributed by atoms with Crippen LogP contribution in [0.3, 0.4) is 0 Å². The van der Waals surface area contributed by atoms with Gasteiger partial charge in [-0.05, 0) is 61.2 Å². The van der Waals surface area contributed by atoms with Crippen molar-refractivity contribution >= 4 is 11.2 Å². The van der Waals surface area contributed by atoms with Gasteiger partial charge < -0.3 is 5.73 Å². The third-order valence-electron chi connectivity index (χ3n) is 6.44. The van der Waals surface area contributed by atoms with Crippen LogP contribution in [0.5, 0.6) is 0 Å². The smallest absolute Gasteiger partial charge is 0.165 e. The number of hydrogen-bond donors (Lipinski definition) is 1. The van der Waals surface area contributed by atoms with Crippen LogP contribution in [0.4, 0.5) is 0 Å². The van der Waals surface area contributed by atoms with E-state index in [-0.39, 0.29) is 13.0 Å². The first-order valence-electron chi connectivity index (χ1n) is 11.0. The molecular weight excluding hydrogens is 406 g/mol. The lowest BCUT2D eigenvalue weighted by atomic mass is 9.73. The third-order valence-corrected chi connectivity index (χ3v) is 6.44. The molecule has 0 aliphatic heterocycles. The van der Waals surface area contributed by atoms with Crippen LogP contribution in [0.2, 0.25) is 0 Å². The zero-order chi connectivity index (χ0) is 21.5. The molecule has 164 valence electrons. The van der Waals surface area contributed by atoms with Crippen molar-refractivity contribution in [3.63, 3.8) is 0 Å².